The molecule has 0 radical (unpaired) electrons. The van der Waals surface area contributed by atoms with Gasteiger partial charge in [0.2, 0.25) is 0 Å². The zero-order valence-corrected chi connectivity index (χ0v) is 15.2. The summed E-state index contributed by atoms with van der Waals surface area (Å²) in [6.45, 7) is 6.96. The van der Waals surface area contributed by atoms with Crippen LogP contribution in [0.15, 0.2) is 21.9 Å². The lowest BCUT2D eigenvalue weighted by Gasteiger charge is -2.14. The first-order valence-electron chi connectivity index (χ1n) is 8.43. The van der Waals surface area contributed by atoms with E-state index in [9.17, 15) is 9.59 Å². The summed E-state index contributed by atoms with van der Waals surface area (Å²) in [6.07, 6.45) is 8.41. The smallest absolute Gasteiger partial charge is 0.298 e. The summed E-state index contributed by atoms with van der Waals surface area (Å²) in [5.74, 6) is 0. The van der Waals surface area contributed by atoms with Crippen LogP contribution in [0.2, 0.25) is 12.6 Å². The molecular formula is C16H30N2O2Si. The molecule has 0 amide bonds. The van der Waals surface area contributed by atoms with E-state index in [4.69, 9.17) is 0 Å². The van der Waals surface area contributed by atoms with E-state index in [1.165, 1.54) is 35.9 Å². The Morgan fingerprint density at radius 2 is 1.81 bits per heavy atom. The van der Waals surface area contributed by atoms with Crippen molar-refractivity contribution in [3.05, 3.63) is 33.1 Å². The maximum absolute atomic E-state index is 12.3. The number of hydrogen-bond donors (Lipinski definition) is 0. The second kappa shape index (κ2) is 9.76. The fourth-order valence-corrected chi connectivity index (χ4v) is 3.35. The molecule has 1 rings (SSSR count). The van der Waals surface area contributed by atoms with E-state index in [0.29, 0.717) is 6.54 Å². The van der Waals surface area contributed by atoms with Crippen LogP contribution in [0.5, 0.6) is 0 Å². The van der Waals surface area contributed by atoms with Crippen molar-refractivity contribution in [1.29, 1.82) is 0 Å². The first kappa shape index (κ1) is 17.9. The minimum absolute atomic E-state index is 0.141. The Bertz CT molecular complexity index is 522. The Morgan fingerprint density at radius 1 is 1.14 bits per heavy atom. The van der Waals surface area contributed by atoms with Crippen LogP contribution in [0.25, 0.3) is 0 Å². The van der Waals surface area contributed by atoms with E-state index in [1.807, 2.05) is 13.8 Å². The first-order valence-corrected chi connectivity index (χ1v) is 10.8. The topological polar surface area (TPSA) is 44.0 Å². The number of hydrogen-bond acceptors (Lipinski definition) is 2. The molecule has 0 fully saturated rings. The van der Waals surface area contributed by atoms with Gasteiger partial charge in [0.25, 0.3) is 5.56 Å². The van der Waals surface area contributed by atoms with Crippen LogP contribution >= 0.6 is 0 Å². The standard InChI is InChI=1S/C16H30N2O2Si/c1-4-14(2)17-12-10-15(19)18(16(17)20)11-8-6-5-7-9-13-21-3/h10,12,14H,4-9,11,13,21H2,1-3H3. The van der Waals surface area contributed by atoms with E-state index in [1.54, 1.807) is 10.8 Å². The largest absolute Gasteiger partial charge is 0.331 e. The van der Waals surface area contributed by atoms with Crippen molar-refractivity contribution < 1.29 is 0 Å². The van der Waals surface area contributed by atoms with E-state index >= 15 is 0 Å². The third-order valence-corrected chi connectivity index (χ3v) is 5.35. The molecule has 0 saturated carbocycles. The van der Waals surface area contributed by atoms with E-state index in [-0.39, 0.29) is 26.8 Å². The molecule has 1 heterocycles. The number of aromatic nitrogens is 2. The van der Waals surface area contributed by atoms with Crippen molar-refractivity contribution in [2.24, 2.45) is 0 Å². The number of unbranched alkanes of at least 4 members (excludes halogenated alkanes) is 4. The van der Waals surface area contributed by atoms with Crippen LogP contribution in [0.1, 0.15) is 58.4 Å². The molecule has 0 aromatic carbocycles. The molecule has 0 bridgehead atoms. The quantitative estimate of drug-likeness (QED) is 0.492. The monoisotopic (exact) mass is 310 g/mol. The molecule has 120 valence electrons. The van der Waals surface area contributed by atoms with Crippen LogP contribution in [0, 0.1) is 0 Å². The molecule has 5 heteroatoms. The lowest BCUT2D eigenvalue weighted by Crippen LogP contribution is -2.39. The maximum Gasteiger partial charge on any atom is 0.331 e. The summed E-state index contributed by atoms with van der Waals surface area (Å²) < 4.78 is 3.07. The molecule has 0 aliphatic carbocycles. The number of rotatable bonds is 10. The zero-order chi connectivity index (χ0) is 15.7. The van der Waals surface area contributed by atoms with Gasteiger partial charge >= 0.3 is 5.69 Å². The van der Waals surface area contributed by atoms with Crippen molar-refractivity contribution in [3.8, 4) is 0 Å². The molecule has 1 atom stereocenters. The van der Waals surface area contributed by atoms with Gasteiger partial charge in [-0.15, -0.1) is 0 Å². The van der Waals surface area contributed by atoms with E-state index < -0.39 is 0 Å². The third-order valence-electron chi connectivity index (χ3n) is 4.15. The Kier molecular flexibility index (Phi) is 8.35. The highest BCUT2D eigenvalue weighted by Gasteiger charge is 2.08. The summed E-state index contributed by atoms with van der Waals surface area (Å²) in [4.78, 5) is 24.2. The molecule has 0 saturated heterocycles. The summed E-state index contributed by atoms with van der Waals surface area (Å²) in [5, 5.41) is 0. The molecule has 1 aromatic heterocycles. The average Bonchev–Trinajstić information content (AvgIpc) is 2.48. The number of nitrogens with zero attached hydrogens (tertiary/aromatic N) is 2. The Balaban J connectivity index is 2.55. The van der Waals surface area contributed by atoms with Gasteiger partial charge in [-0.05, 0) is 19.8 Å². The van der Waals surface area contributed by atoms with E-state index in [0.717, 1.165) is 19.3 Å². The highest BCUT2D eigenvalue weighted by atomic mass is 28.2. The first-order chi connectivity index (χ1) is 10.1. The molecule has 0 N–H and O–H groups in total. The molecule has 1 aromatic rings. The van der Waals surface area contributed by atoms with Gasteiger partial charge in [-0.25, -0.2) is 4.79 Å². The van der Waals surface area contributed by atoms with Crippen LogP contribution in [0.4, 0.5) is 0 Å². The van der Waals surface area contributed by atoms with Gasteiger partial charge in [0, 0.05) is 34.4 Å². The SMILES string of the molecule is CCC(C)n1ccc(=O)n(CCCCCCC[SiH2]C)c1=O. The highest BCUT2D eigenvalue weighted by molar-refractivity contribution is 6.33. The highest BCUT2D eigenvalue weighted by Crippen LogP contribution is 2.07. The van der Waals surface area contributed by atoms with Crippen LogP contribution in [-0.2, 0) is 6.54 Å². The van der Waals surface area contributed by atoms with Gasteiger partial charge in [-0.1, -0.05) is 45.2 Å². The van der Waals surface area contributed by atoms with Crippen LogP contribution in [0.3, 0.4) is 0 Å². The second-order valence-electron chi connectivity index (χ2n) is 5.87. The van der Waals surface area contributed by atoms with Gasteiger partial charge in [-0.3, -0.25) is 13.9 Å². The van der Waals surface area contributed by atoms with Gasteiger partial charge in [0.1, 0.15) is 0 Å². The minimum Gasteiger partial charge on any atom is -0.298 e. The van der Waals surface area contributed by atoms with Crippen molar-refractivity contribution in [3.63, 3.8) is 0 Å². The summed E-state index contributed by atoms with van der Waals surface area (Å²) in [5.41, 5.74) is -0.328. The van der Waals surface area contributed by atoms with Gasteiger partial charge in [-0.2, -0.15) is 0 Å². The molecule has 21 heavy (non-hydrogen) atoms. The minimum atomic E-state index is -0.170. The second-order valence-corrected chi connectivity index (χ2v) is 7.58. The van der Waals surface area contributed by atoms with Crippen molar-refractivity contribution in [2.75, 3.05) is 0 Å². The van der Waals surface area contributed by atoms with Crippen LogP contribution in [-0.4, -0.2) is 18.7 Å². The maximum atomic E-state index is 12.3. The molecule has 4 nitrogen and oxygen atoms in total. The van der Waals surface area contributed by atoms with Gasteiger partial charge < -0.3 is 0 Å². The van der Waals surface area contributed by atoms with Gasteiger partial charge in [0.15, 0.2) is 0 Å². The average molecular weight is 311 g/mol. The molecule has 0 aliphatic heterocycles. The van der Waals surface area contributed by atoms with Crippen LogP contribution < -0.4 is 11.2 Å². The summed E-state index contributed by atoms with van der Waals surface area (Å²) in [6, 6.07) is 3.10. The molecular weight excluding hydrogens is 280 g/mol. The molecule has 0 spiro atoms. The fourth-order valence-electron chi connectivity index (χ4n) is 2.50. The predicted molar refractivity (Wildman–Crippen MR) is 92.3 cm³/mol. The predicted octanol–water partition coefficient (Wildman–Crippen LogP) is 2.57. The normalized spacial score (nSPS) is 13.1. The Hall–Kier alpha value is -1.10. The lowest BCUT2D eigenvalue weighted by atomic mass is 10.1. The van der Waals surface area contributed by atoms with Crippen molar-refractivity contribution in [2.45, 2.75) is 77.6 Å². The third kappa shape index (κ3) is 5.65. The Morgan fingerprint density at radius 3 is 2.48 bits per heavy atom. The van der Waals surface area contributed by atoms with Gasteiger partial charge in [0.05, 0.1) is 0 Å². The summed E-state index contributed by atoms with van der Waals surface area (Å²) in [7, 11) is 0.218. The zero-order valence-electron chi connectivity index (χ0n) is 13.8. The fraction of sp³-hybridized carbons (Fsp3) is 0.750. The molecule has 1 unspecified atom stereocenters. The Labute approximate surface area is 130 Å². The molecule has 0 aliphatic rings. The lowest BCUT2D eigenvalue weighted by molar-refractivity contribution is 0.456. The van der Waals surface area contributed by atoms with Crippen molar-refractivity contribution >= 4 is 9.52 Å². The van der Waals surface area contributed by atoms with E-state index in [2.05, 4.69) is 6.55 Å². The summed E-state index contributed by atoms with van der Waals surface area (Å²) >= 11 is 0. The van der Waals surface area contributed by atoms with Crippen molar-refractivity contribution in [1.82, 2.24) is 9.13 Å².